The number of carboxylic acid groups (broad SMARTS) is 1. The summed E-state index contributed by atoms with van der Waals surface area (Å²) in [5.74, 6) is -2.12. The summed E-state index contributed by atoms with van der Waals surface area (Å²) in [6.07, 6.45) is 5.39. The number of nitrogens with zero attached hydrogens (tertiary/aromatic N) is 7. The number of allylic oxidation sites excluding steroid dienone is 1. The fraction of sp³-hybridized carbons (Fsp3) is 0.500. The van der Waals surface area contributed by atoms with Crippen LogP contribution >= 0.6 is 34.9 Å². The van der Waals surface area contributed by atoms with E-state index in [1.807, 2.05) is 12.2 Å². The molecular formula is C28H34N10O8S3. The number of hydrogen-bond acceptors (Lipinski definition) is 15. The van der Waals surface area contributed by atoms with Gasteiger partial charge in [0.25, 0.3) is 11.8 Å². The van der Waals surface area contributed by atoms with Crippen molar-refractivity contribution < 1.29 is 38.7 Å². The quantitative estimate of drug-likeness (QED) is 0.0387. The Morgan fingerprint density at radius 2 is 2.10 bits per heavy atom. The summed E-state index contributed by atoms with van der Waals surface area (Å²) in [6, 6.07) is -1.02. The molecule has 0 radical (unpaired) electrons. The molecule has 2 unspecified atom stereocenters. The molecule has 0 bridgehead atoms. The maximum absolute atomic E-state index is 13.4. The van der Waals surface area contributed by atoms with Crippen LogP contribution in [0, 0.1) is 0 Å². The minimum absolute atomic E-state index is 0.140. The van der Waals surface area contributed by atoms with Crippen LogP contribution in [0.5, 0.6) is 0 Å². The van der Waals surface area contributed by atoms with Crippen LogP contribution in [-0.2, 0) is 35.3 Å². The first-order valence-corrected chi connectivity index (χ1v) is 18.0. The van der Waals surface area contributed by atoms with Crippen molar-refractivity contribution in [3.05, 3.63) is 34.5 Å². The highest BCUT2D eigenvalue weighted by atomic mass is 32.2. The third-order valence-corrected chi connectivity index (χ3v) is 10.2. The molecule has 21 heteroatoms. The maximum Gasteiger partial charge on any atom is 0.407 e. The van der Waals surface area contributed by atoms with Gasteiger partial charge in [0.15, 0.2) is 10.8 Å². The minimum Gasteiger partial charge on any atom is -0.477 e. The van der Waals surface area contributed by atoms with Crippen molar-refractivity contribution in [2.75, 3.05) is 23.4 Å². The summed E-state index contributed by atoms with van der Waals surface area (Å²) >= 11 is 3.62. The molecular weight excluding hydrogens is 701 g/mol. The highest BCUT2D eigenvalue weighted by molar-refractivity contribution is 8.01. The molecule has 18 nitrogen and oxygen atoms in total. The number of aliphatic carboxylic acids is 1. The van der Waals surface area contributed by atoms with Gasteiger partial charge < -0.3 is 30.6 Å². The van der Waals surface area contributed by atoms with Gasteiger partial charge in [-0.15, -0.1) is 28.2 Å². The standard InChI is InChI=1S/C28H34N10O8S3/c1-28(2,3)45-27(44)29-9-6-10-37-26(33-35-36-37)49-12-15-11-47-23-19(22(41)38(23)20(15)24(42)43)32-21(40)18(34-46-16-7-4-5-8-16)17-13-48-25(31-17)30-14-39/h4,7,13-14,16,19,23H,5-6,8-12H2,1-3H3,(H,29,44)(H,32,40)(H,42,43)(H,30,31,39)/t16?,19?,23-/m1/s1. The molecule has 3 atom stereocenters. The molecule has 1 aliphatic carbocycles. The van der Waals surface area contributed by atoms with Gasteiger partial charge in [-0.3, -0.25) is 19.3 Å². The molecule has 2 aliphatic heterocycles. The molecule has 2 aromatic heterocycles. The summed E-state index contributed by atoms with van der Waals surface area (Å²) in [5, 5.41) is 35.2. The van der Waals surface area contributed by atoms with E-state index in [0.717, 1.165) is 17.8 Å². The fourth-order valence-corrected chi connectivity index (χ4v) is 7.89. The van der Waals surface area contributed by atoms with Crippen LogP contribution in [0.25, 0.3) is 0 Å². The average molecular weight is 735 g/mol. The number of β-lactam (4-membered cyclic amide) rings is 1. The van der Waals surface area contributed by atoms with Crippen molar-refractivity contribution in [3.63, 3.8) is 0 Å². The number of thiazole rings is 1. The number of fused-ring (bicyclic) bond motifs is 1. The van der Waals surface area contributed by atoms with E-state index in [-0.39, 0.29) is 39.8 Å². The Labute approximate surface area is 292 Å². The van der Waals surface area contributed by atoms with Crippen molar-refractivity contribution >= 4 is 76.0 Å². The predicted octanol–water partition coefficient (Wildman–Crippen LogP) is 1.58. The monoisotopic (exact) mass is 734 g/mol. The second kappa shape index (κ2) is 15.8. The van der Waals surface area contributed by atoms with Gasteiger partial charge in [-0.1, -0.05) is 23.0 Å². The Bertz CT molecular complexity index is 1680. The lowest BCUT2D eigenvalue weighted by Crippen LogP contribution is -2.71. The van der Waals surface area contributed by atoms with Gasteiger partial charge in [0.05, 0.1) is 0 Å². The molecule has 49 heavy (non-hydrogen) atoms. The van der Waals surface area contributed by atoms with Crippen molar-refractivity contribution in [2.24, 2.45) is 5.16 Å². The van der Waals surface area contributed by atoms with E-state index in [1.54, 1.807) is 25.5 Å². The summed E-state index contributed by atoms with van der Waals surface area (Å²) in [5.41, 5.74) is -0.311. The molecule has 2 aromatic rings. The Kier molecular flexibility index (Phi) is 11.5. The van der Waals surface area contributed by atoms with Crippen LogP contribution in [0.2, 0.25) is 0 Å². The molecule has 0 saturated carbocycles. The normalized spacial score (nSPS) is 20.4. The molecule has 1 saturated heterocycles. The number of anilines is 1. The van der Waals surface area contributed by atoms with E-state index in [2.05, 4.69) is 41.6 Å². The molecule has 4 N–H and O–H groups in total. The molecule has 3 aliphatic rings. The Balaban J connectivity index is 1.21. The van der Waals surface area contributed by atoms with Crippen LogP contribution in [0.15, 0.2) is 39.1 Å². The molecule has 4 heterocycles. The minimum atomic E-state index is -1.27. The van der Waals surface area contributed by atoms with E-state index in [1.165, 1.54) is 33.8 Å². The number of oxime groups is 1. The van der Waals surface area contributed by atoms with Crippen LogP contribution in [0.4, 0.5) is 9.93 Å². The molecule has 1 fully saturated rings. The number of carbonyl (C=O) groups is 5. The molecule has 262 valence electrons. The Morgan fingerprint density at radius 1 is 1.29 bits per heavy atom. The maximum atomic E-state index is 13.4. The molecule has 0 spiro atoms. The van der Waals surface area contributed by atoms with Crippen molar-refractivity contribution in [2.45, 2.75) is 74.9 Å². The summed E-state index contributed by atoms with van der Waals surface area (Å²) in [7, 11) is 0. The fourth-order valence-electron chi connectivity index (χ4n) is 4.85. The van der Waals surface area contributed by atoms with Gasteiger partial charge in [0.2, 0.25) is 11.6 Å². The topological polar surface area (TPSA) is 232 Å². The van der Waals surface area contributed by atoms with Gasteiger partial charge >= 0.3 is 12.1 Å². The van der Waals surface area contributed by atoms with Crippen molar-refractivity contribution in [3.8, 4) is 0 Å². The van der Waals surface area contributed by atoms with Crippen molar-refractivity contribution in [1.82, 2.24) is 40.7 Å². The van der Waals surface area contributed by atoms with Gasteiger partial charge in [0.1, 0.15) is 34.5 Å². The van der Waals surface area contributed by atoms with Crippen LogP contribution < -0.4 is 16.0 Å². The van der Waals surface area contributed by atoms with E-state index in [4.69, 9.17) is 9.57 Å². The largest absolute Gasteiger partial charge is 0.477 e. The molecule has 4 amide bonds. The summed E-state index contributed by atoms with van der Waals surface area (Å²) in [4.78, 5) is 72.8. The third kappa shape index (κ3) is 8.95. The number of thioether (sulfide) groups is 2. The second-order valence-electron chi connectivity index (χ2n) is 11.8. The lowest BCUT2D eigenvalue weighted by molar-refractivity contribution is -0.150. The number of nitrogens with one attached hydrogen (secondary N) is 3. The highest BCUT2D eigenvalue weighted by Crippen LogP contribution is 2.41. The second-order valence-corrected chi connectivity index (χ2v) is 14.7. The van der Waals surface area contributed by atoms with Gasteiger partial charge in [-0.05, 0) is 62.1 Å². The molecule has 0 aromatic carbocycles. The van der Waals surface area contributed by atoms with Crippen LogP contribution in [0.3, 0.4) is 0 Å². The number of rotatable bonds is 15. The zero-order chi connectivity index (χ0) is 35.1. The first kappa shape index (κ1) is 35.8. The Hall–Kier alpha value is -4.50. The Morgan fingerprint density at radius 3 is 2.82 bits per heavy atom. The van der Waals surface area contributed by atoms with Gasteiger partial charge in [-0.25, -0.2) is 19.3 Å². The number of alkyl carbamates (subject to hydrolysis) is 1. The van der Waals surface area contributed by atoms with Crippen LogP contribution in [-0.4, -0.2) is 112 Å². The SMILES string of the molecule is CC(C)(C)OC(=O)NCCCn1nnnc1SCC1=C(C(=O)O)N2C(=O)C(NC(=O)C(=NOC3C=CCC3)c3csc(NC=O)n3)[C@H]2SC1. The molecule has 5 rings (SSSR count). The van der Waals surface area contributed by atoms with Crippen molar-refractivity contribution in [1.29, 1.82) is 0 Å². The van der Waals surface area contributed by atoms with E-state index < -0.39 is 40.9 Å². The van der Waals surface area contributed by atoms with E-state index in [9.17, 15) is 29.1 Å². The van der Waals surface area contributed by atoms with Crippen LogP contribution in [0.1, 0.15) is 45.7 Å². The zero-order valence-electron chi connectivity index (χ0n) is 26.7. The van der Waals surface area contributed by atoms with Gasteiger partial charge in [0, 0.05) is 30.0 Å². The first-order valence-electron chi connectivity index (χ1n) is 15.1. The third-order valence-electron chi connectivity index (χ3n) is 7.02. The average Bonchev–Trinajstić information content (AvgIpc) is 3.83. The summed E-state index contributed by atoms with van der Waals surface area (Å²) < 4.78 is 6.77. The van der Waals surface area contributed by atoms with E-state index >= 15 is 0 Å². The summed E-state index contributed by atoms with van der Waals surface area (Å²) in [6.45, 7) is 6.05. The number of ether oxygens (including phenoxy) is 1. The lowest BCUT2D eigenvalue weighted by Gasteiger charge is -2.49. The smallest absolute Gasteiger partial charge is 0.407 e. The van der Waals surface area contributed by atoms with E-state index in [0.29, 0.717) is 43.1 Å². The number of carboxylic acids is 1. The number of tetrazole rings is 1. The number of carbonyl (C=O) groups excluding carboxylic acids is 4. The number of amides is 4. The predicted molar refractivity (Wildman–Crippen MR) is 179 cm³/mol. The number of hydrogen-bond donors (Lipinski definition) is 4. The number of aryl methyl sites for hydroxylation is 1. The highest BCUT2D eigenvalue weighted by Gasteiger charge is 2.54. The first-order chi connectivity index (χ1) is 23.4. The zero-order valence-corrected chi connectivity index (χ0v) is 29.1. The lowest BCUT2D eigenvalue weighted by atomic mass is 10.0. The number of aromatic nitrogens is 5. The van der Waals surface area contributed by atoms with Gasteiger partial charge in [-0.2, -0.15) is 0 Å².